The van der Waals surface area contributed by atoms with Gasteiger partial charge in [0.1, 0.15) is 13.2 Å². The molecule has 3 rings (SSSR count). The van der Waals surface area contributed by atoms with Crippen LogP contribution in [0.1, 0.15) is 29.0 Å². The van der Waals surface area contributed by atoms with E-state index in [1.807, 2.05) is 19.1 Å². The summed E-state index contributed by atoms with van der Waals surface area (Å²) in [4.78, 5) is 1.15. The predicted molar refractivity (Wildman–Crippen MR) is 87.0 cm³/mol. The molecule has 21 heavy (non-hydrogen) atoms. The van der Waals surface area contributed by atoms with Crippen molar-refractivity contribution >= 4 is 22.9 Å². The van der Waals surface area contributed by atoms with E-state index in [1.54, 1.807) is 11.3 Å². The summed E-state index contributed by atoms with van der Waals surface area (Å²) < 4.78 is 11.3. The Morgan fingerprint density at radius 1 is 1.29 bits per heavy atom. The zero-order valence-corrected chi connectivity index (χ0v) is 13.7. The van der Waals surface area contributed by atoms with Crippen LogP contribution in [-0.4, -0.2) is 19.8 Å². The van der Waals surface area contributed by atoms with Crippen LogP contribution < -0.4 is 14.8 Å². The highest BCUT2D eigenvalue weighted by atomic mass is 35.5. The fourth-order valence-corrected chi connectivity index (χ4v) is 3.85. The van der Waals surface area contributed by atoms with Crippen LogP contribution in [0.5, 0.6) is 11.5 Å². The molecule has 0 saturated carbocycles. The van der Waals surface area contributed by atoms with Crippen molar-refractivity contribution in [3.05, 3.63) is 44.6 Å². The van der Waals surface area contributed by atoms with Gasteiger partial charge < -0.3 is 14.8 Å². The smallest absolute Gasteiger partial charge is 0.161 e. The highest BCUT2D eigenvalue weighted by Crippen LogP contribution is 2.39. The molecule has 1 atom stereocenters. The molecule has 1 aliphatic heterocycles. The van der Waals surface area contributed by atoms with E-state index < -0.39 is 0 Å². The van der Waals surface area contributed by atoms with Crippen molar-refractivity contribution in [1.29, 1.82) is 0 Å². The number of hydrogen-bond donors (Lipinski definition) is 1. The molecule has 0 saturated heterocycles. The van der Waals surface area contributed by atoms with Crippen molar-refractivity contribution in [1.82, 2.24) is 5.32 Å². The van der Waals surface area contributed by atoms with Gasteiger partial charge in [-0.2, -0.15) is 0 Å². The Morgan fingerprint density at radius 2 is 2.05 bits per heavy atom. The summed E-state index contributed by atoms with van der Waals surface area (Å²) in [5.41, 5.74) is 2.27. The highest BCUT2D eigenvalue weighted by Gasteiger charge is 2.21. The molecule has 1 N–H and O–H groups in total. The zero-order valence-electron chi connectivity index (χ0n) is 12.1. The maximum absolute atomic E-state index is 6.45. The third-order valence-corrected chi connectivity index (χ3v) is 5.27. The molecule has 1 aromatic carbocycles. The SMILES string of the molecule is CCNC(c1ccc2c(c1)OCCO2)c1scc(C)c1Cl. The van der Waals surface area contributed by atoms with E-state index in [-0.39, 0.29) is 6.04 Å². The van der Waals surface area contributed by atoms with Gasteiger partial charge in [-0.1, -0.05) is 24.6 Å². The van der Waals surface area contributed by atoms with Crippen molar-refractivity contribution in [3.8, 4) is 11.5 Å². The van der Waals surface area contributed by atoms with Gasteiger partial charge in [-0.25, -0.2) is 0 Å². The van der Waals surface area contributed by atoms with Crippen LogP contribution in [0.25, 0.3) is 0 Å². The molecule has 2 aromatic rings. The lowest BCUT2D eigenvalue weighted by Crippen LogP contribution is -2.22. The lowest BCUT2D eigenvalue weighted by molar-refractivity contribution is 0.171. The van der Waals surface area contributed by atoms with E-state index in [9.17, 15) is 0 Å². The van der Waals surface area contributed by atoms with Gasteiger partial charge in [0.05, 0.1) is 11.1 Å². The molecule has 0 bridgehead atoms. The van der Waals surface area contributed by atoms with Crippen molar-refractivity contribution in [2.45, 2.75) is 19.9 Å². The summed E-state index contributed by atoms with van der Waals surface area (Å²) in [6.45, 7) is 6.21. The predicted octanol–water partition coefficient (Wildman–Crippen LogP) is 4.18. The van der Waals surface area contributed by atoms with Crippen LogP contribution in [0.4, 0.5) is 0 Å². The fraction of sp³-hybridized carbons (Fsp3) is 0.375. The molecule has 0 radical (unpaired) electrons. The number of ether oxygens (including phenoxy) is 2. The van der Waals surface area contributed by atoms with E-state index in [4.69, 9.17) is 21.1 Å². The maximum atomic E-state index is 6.45. The molecule has 1 aromatic heterocycles. The van der Waals surface area contributed by atoms with E-state index in [0.717, 1.165) is 39.1 Å². The minimum Gasteiger partial charge on any atom is -0.486 e. The minimum absolute atomic E-state index is 0.0806. The Hall–Kier alpha value is -1.23. The molecule has 0 spiro atoms. The Balaban J connectivity index is 1.99. The van der Waals surface area contributed by atoms with E-state index >= 15 is 0 Å². The molecule has 5 heteroatoms. The van der Waals surface area contributed by atoms with E-state index in [2.05, 4.69) is 23.7 Å². The van der Waals surface area contributed by atoms with Gasteiger partial charge in [0.2, 0.25) is 0 Å². The molecular formula is C16H18ClNO2S. The molecule has 112 valence electrons. The quantitative estimate of drug-likeness (QED) is 0.915. The van der Waals surface area contributed by atoms with Gasteiger partial charge in [-0.15, -0.1) is 11.3 Å². The highest BCUT2D eigenvalue weighted by molar-refractivity contribution is 7.10. The van der Waals surface area contributed by atoms with Crippen LogP contribution in [0.15, 0.2) is 23.6 Å². The first-order valence-corrected chi connectivity index (χ1v) is 8.33. The van der Waals surface area contributed by atoms with Crippen molar-refractivity contribution < 1.29 is 9.47 Å². The molecular weight excluding hydrogens is 306 g/mol. The summed E-state index contributed by atoms with van der Waals surface area (Å²) in [6, 6.07) is 6.18. The van der Waals surface area contributed by atoms with Crippen LogP contribution in [-0.2, 0) is 0 Å². The number of fused-ring (bicyclic) bond motifs is 1. The molecule has 1 unspecified atom stereocenters. The van der Waals surface area contributed by atoms with E-state index in [0.29, 0.717) is 13.2 Å². The van der Waals surface area contributed by atoms with Crippen LogP contribution in [0, 0.1) is 6.92 Å². The zero-order chi connectivity index (χ0) is 14.8. The number of hydrogen-bond acceptors (Lipinski definition) is 4. The Labute approximate surface area is 133 Å². The van der Waals surface area contributed by atoms with Gasteiger partial charge in [-0.3, -0.25) is 0 Å². The van der Waals surface area contributed by atoms with Crippen molar-refractivity contribution in [2.24, 2.45) is 0 Å². The lowest BCUT2D eigenvalue weighted by atomic mass is 10.0. The topological polar surface area (TPSA) is 30.5 Å². The number of aryl methyl sites for hydroxylation is 1. The average molecular weight is 324 g/mol. The van der Waals surface area contributed by atoms with Gasteiger partial charge >= 0.3 is 0 Å². The molecule has 2 heterocycles. The third kappa shape index (κ3) is 2.89. The molecule has 1 aliphatic rings. The second-order valence-corrected chi connectivity index (χ2v) is 6.28. The average Bonchev–Trinajstić information content (AvgIpc) is 2.84. The van der Waals surface area contributed by atoms with Gasteiger partial charge in [0, 0.05) is 4.88 Å². The lowest BCUT2D eigenvalue weighted by Gasteiger charge is -2.22. The molecule has 0 amide bonds. The maximum Gasteiger partial charge on any atom is 0.161 e. The normalized spacial score (nSPS) is 15.0. The summed E-state index contributed by atoms with van der Waals surface area (Å²) in [6.07, 6.45) is 0. The first-order valence-electron chi connectivity index (χ1n) is 7.07. The fourth-order valence-electron chi connectivity index (χ4n) is 2.45. The summed E-state index contributed by atoms with van der Waals surface area (Å²) in [7, 11) is 0. The summed E-state index contributed by atoms with van der Waals surface area (Å²) in [5.74, 6) is 1.62. The second-order valence-electron chi connectivity index (χ2n) is 4.99. The van der Waals surface area contributed by atoms with Crippen molar-refractivity contribution in [3.63, 3.8) is 0 Å². The largest absolute Gasteiger partial charge is 0.486 e. The number of nitrogens with one attached hydrogen (secondary N) is 1. The van der Waals surface area contributed by atoms with Crippen LogP contribution in [0.3, 0.4) is 0 Å². The summed E-state index contributed by atoms with van der Waals surface area (Å²) in [5, 5.41) is 6.45. The number of halogens is 1. The van der Waals surface area contributed by atoms with Gasteiger partial charge in [0.15, 0.2) is 11.5 Å². The Bertz CT molecular complexity index is 641. The van der Waals surface area contributed by atoms with Gasteiger partial charge in [-0.05, 0) is 42.1 Å². The van der Waals surface area contributed by atoms with Crippen LogP contribution >= 0.6 is 22.9 Å². The van der Waals surface area contributed by atoms with Crippen LogP contribution in [0.2, 0.25) is 5.02 Å². The van der Waals surface area contributed by atoms with E-state index in [1.165, 1.54) is 0 Å². The number of rotatable bonds is 4. The number of thiophene rings is 1. The summed E-state index contributed by atoms with van der Waals surface area (Å²) >= 11 is 8.14. The standard InChI is InChI=1S/C16H18ClNO2S/c1-3-18-15(16-14(17)10(2)9-21-16)11-4-5-12-13(8-11)20-7-6-19-12/h4-5,8-9,15,18H,3,6-7H2,1-2H3. The second kappa shape index (κ2) is 6.26. The number of benzene rings is 1. The first-order chi connectivity index (χ1) is 10.2. The van der Waals surface area contributed by atoms with Gasteiger partial charge in [0.25, 0.3) is 0 Å². The monoisotopic (exact) mass is 323 g/mol. The first kappa shape index (κ1) is 14.7. The third-order valence-electron chi connectivity index (χ3n) is 3.50. The Morgan fingerprint density at radius 3 is 2.71 bits per heavy atom. The molecule has 3 nitrogen and oxygen atoms in total. The van der Waals surface area contributed by atoms with Crippen molar-refractivity contribution in [2.75, 3.05) is 19.8 Å². The molecule has 0 fully saturated rings. The minimum atomic E-state index is 0.0806. The Kier molecular flexibility index (Phi) is 4.38. The molecule has 0 aliphatic carbocycles.